The SMILES string of the molecule is CC(C)(C)[C@H](O)CNC(=O)Nc1cccc2cnccc12. The Bertz CT molecular complexity index is 629. The fraction of sp³-hybridized carbons (Fsp3) is 0.375. The molecule has 0 radical (unpaired) electrons. The number of benzene rings is 1. The molecule has 1 atom stereocenters. The van der Waals surface area contributed by atoms with Gasteiger partial charge in [0.15, 0.2) is 0 Å². The van der Waals surface area contributed by atoms with Crippen molar-refractivity contribution in [3.63, 3.8) is 0 Å². The van der Waals surface area contributed by atoms with Crippen molar-refractivity contribution in [2.45, 2.75) is 26.9 Å². The first-order chi connectivity index (χ1) is 9.88. The number of urea groups is 1. The fourth-order valence-corrected chi connectivity index (χ4v) is 1.89. The minimum atomic E-state index is -0.597. The Kier molecular flexibility index (Phi) is 4.43. The lowest BCUT2D eigenvalue weighted by Gasteiger charge is -2.25. The number of nitrogens with zero attached hydrogens (tertiary/aromatic N) is 1. The van der Waals surface area contributed by atoms with Crippen LogP contribution in [0.25, 0.3) is 10.8 Å². The summed E-state index contributed by atoms with van der Waals surface area (Å²) in [6.07, 6.45) is 2.84. The van der Waals surface area contributed by atoms with Crippen molar-refractivity contribution in [3.8, 4) is 0 Å². The molecular formula is C16H21N3O2. The summed E-state index contributed by atoms with van der Waals surface area (Å²) in [5.41, 5.74) is 0.455. The Hall–Kier alpha value is -2.14. The molecule has 1 heterocycles. The van der Waals surface area contributed by atoms with Gasteiger partial charge in [0.2, 0.25) is 0 Å². The minimum Gasteiger partial charge on any atom is -0.391 e. The van der Waals surface area contributed by atoms with Crippen molar-refractivity contribution >= 4 is 22.5 Å². The van der Waals surface area contributed by atoms with Crippen LogP contribution >= 0.6 is 0 Å². The van der Waals surface area contributed by atoms with Crippen molar-refractivity contribution in [2.75, 3.05) is 11.9 Å². The maximum Gasteiger partial charge on any atom is 0.319 e. The fourth-order valence-electron chi connectivity index (χ4n) is 1.89. The maximum absolute atomic E-state index is 11.9. The standard InChI is InChI=1S/C16H21N3O2/c1-16(2,3)14(20)10-18-15(21)19-13-6-4-5-11-9-17-8-7-12(11)13/h4-9,14,20H,10H2,1-3H3,(H2,18,19,21)/t14-/m1/s1. The van der Waals surface area contributed by atoms with E-state index in [4.69, 9.17) is 0 Å². The van der Waals surface area contributed by atoms with Crippen molar-refractivity contribution in [1.29, 1.82) is 0 Å². The molecule has 1 aromatic heterocycles. The zero-order valence-corrected chi connectivity index (χ0v) is 12.6. The number of pyridine rings is 1. The maximum atomic E-state index is 11.9. The van der Waals surface area contributed by atoms with Gasteiger partial charge in [0.05, 0.1) is 11.8 Å². The minimum absolute atomic E-state index is 0.210. The summed E-state index contributed by atoms with van der Waals surface area (Å²) in [4.78, 5) is 16.0. The molecule has 0 aliphatic rings. The molecule has 1 aromatic carbocycles. The molecule has 21 heavy (non-hydrogen) atoms. The number of nitrogens with one attached hydrogen (secondary N) is 2. The normalized spacial score (nSPS) is 13.0. The summed E-state index contributed by atoms with van der Waals surface area (Å²) in [6.45, 7) is 5.99. The summed E-state index contributed by atoms with van der Waals surface area (Å²) >= 11 is 0. The van der Waals surface area contributed by atoms with E-state index in [2.05, 4.69) is 15.6 Å². The molecule has 0 saturated carbocycles. The lowest BCUT2D eigenvalue weighted by molar-refractivity contribution is 0.0654. The molecule has 2 aromatic rings. The monoisotopic (exact) mass is 287 g/mol. The average Bonchev–Trinajstić information content (AvgIpc) is 2.44. The van der Waals surface area contributed by atoms with Gasteiger partial charge in [0.25, 0.3) is 0 Å². The number of hydrogen-bond donors (Lipinski definition) is 3. The van der Waals surface area contributed by atoms with Gasteiger partial charge in [-0.3, -0.25) is 4.98 Å². The van der Waals surface area contributed by atoms with Crippen molar-refractivity contribution < 1.29 is 9.90 Å². The van der Waals surface area contributed by atoms with E-state index in [-0.39, 0.29) is 18.0 Å². The van der Waals surface area contributed by atoms with E-state index in [9.17, 15) is 9.90 Å². The number of amides is 2. The highest BCUT2D eigenvalue weighted by molar-refractivity contribution is 6.01. The predicted molar refractivity (Wildman–Crippen MR) is 84.2 cm³/mol. The van der Waals surface area contributed by atoms with E-state index in [1.165, 1.54) is 0 Å². The zero-order chi connectivity index (χ0) is 15.5. The van der Waals surface area contributed by atoms with Crippen LogP contribution in [-0.2, 0) is 0 Å². The lowest BCUT2D eigenvalue weighted by Crippen LogP contribution is -2.40. The number of hydrogen-bond acceptors (Lipinski definition) is 3. The first kappa shape index (κ1) is 15.3. The van der Waals surface area contributed by atoms with Crippen molar-refractivity contribution in [2.24, 2.45) is 5.41 Å². The highest BCUT2D eigenvalue weighted by atomic mass is 16.3. The zero-order valence-electron chi connectivity index (χ0n) is 12.6. The second kappa shape index (κ2) is 6.10. The van der Waals surface area contributed by atoms with Crippen LogP contribution in [0.5, 0.6) is 0 Å². The van der Waals surface area contributed by atoms with E-state index in [0.717, 1.165) is 16.5 Å². The molecule has 5 nitrogen and oxygen atoms in total. The van der Waals surface area contributed by atoms with E-state index in [1.54, 1.807) is 12.4 Å². The lowest BCUT2D eigenvalue weighted by atomic mass is 9.89. The number of aliphatic hydroxyl groups excluding tert-OH is 1. The molecule has 0 saturated heterocycles. The highest BCUT2D eigenvalue weighted by Crippen LogP contribution is 2.22. The predicted octanol–water partition coefficient (Wildman–Crippen LogP) is 2.76. The first-order valence-corrected chi connectivity index (χ1v) is 6.93. The molecule has 2 amide bonds. The number of fused-ring (bicyclic) bond motifs is 1. The molecule has 2 rings (SSSR count). The average molecular weight is 287 g/mol. The van der Waals surface area contributed by atoms with Crippen LogP contribution < -0.4 is 10.6 Å². The first-order valence-electron chi connectivity index (χ1n) is 6.93. The third-order valence-corrected chi connectivity index (χ3v) is 3.38. The molecule has 0 bridgehead atoms. The summed E-state index contributed by atoms with van der Waals surface area (Å²) in [6, 6.07) is 7.16. The Morgan fingerprint density at radius 1 is 1.33 bits per heavy atom. The number of aromatic nitrogens is 1. The van der Waals surface area contributed by atoms with Crippen LogP contribution in [0.15, 0.2) is 36.7 Å². The van der Waals surface area contributed by atoms with E-state index in [1.807, 2.05) is 45.0 Å². The van der Waals surface area contributed by atoms with Crippen LogP contribution in [0.1, 0.15) is 20.8 Å². The van der Waals surface area contributed by atoms with Gasteiger partial charge in [0, 0.05) is 29.7 Å². The van der Waals surface area contributed by atoms with Crippen molar-refractivity contribution in [1.82, 2.24) is 10.3 Å². The summed E-state index contributed by atoms with van der Waals surface area (Å²) < 4.78 is 0. The van der Waals surface area contributed by atoms with Gasteiger partial charge in [-0.25, -0.2) is 4.79 Å². The quantitative estimate of drug-likeness (QED) is 0.812. The second-order valence-corrected chi connectivity index (χ2v) is 6.12. The Labute approximate surface area is 124 Å². The van der Waals surface area contributed by atoms with Gasteiger partial charge in [-0.15, -0.1) is 0 Å². The topological polar surface area (TPSA) is 74.2 Å². The smallest absolute Gasteiger partial charge is 0.319 e. The van der Waals surface area contributed by atoms with E-state index >= 15 is 0 Å². The Morgan fingerprint density at radius 2 is 2.10 bits per heavy atom. The van der Waals surface area contributed by atoms with Crippen LogP contribution in [-0.4, -0.2) is 28.8 Å². The van der Waals surface area contributed by atoms with Gasteiger partial charge >= 0.3 is 6.03 Å². The van der Waals surface area contributed by atoms with Gasteiger partial charge in [-0.2, -0.15) is 0 Å². The summed E-state index contributed by atoms with van der Waals surface area (Å²) in [5, 5.41) is 17.3. The van der Waals surface area contributed by atoms with E-state index in [0.29, 0.717) is 0 Å². The van der Waals surface area contributed by atoms with Gasteiger partial charge in [0.1, 0.15) is 0 Å². The van der Waals surface area contributed by atoms with Gasteiger partial charge in [-0.1, -0.05) is 32.9 Å². The number of rotatable bonds is 3. The molecule has 0 spiro atoms. The number of aliphatic hydroxyl groups is 1. The summed E-state index contributed by atoms with van der Waals surface area (Å²) in [7, 11) is 0. The molecular weight excluding hydrogens is 266 g/mol. The van der Waals surface area contributed by atoms with Crippen LogP contribution in [0.4, 0.5) is 10.5 Å². The highest BCUT2D eigenvalue weighted by Gasteiger charge is 2.22. The number of carbonyl (C=O) groups excluding carboxylic acids is 1. The molecule has 0 aliphatic heterocycles. The number of anilines is 1. The molecule has 0 unspecified atom stereocenters. The van der Waals surface area contributed by atoms with Crippen molar-refractivity contribution in [3.05, 3.63) is 36.7 Å². The van der Waals surface area contributed by atoms with Crippen LogP contribution in [0.3, 0.4) is 0 Å². The third-order valence-electron chi connectivity index (χ3n) is 3.38. The molecule has 112 valence electrons. The second-order valence-electron chi connectivity index (χ2n) is 6.12. The van der Waals surface area contributed by atoms with Crippen LogP contribution in [0, 0.1) is 5.41 Å². The van der Waals surface area contributed by atoms with Gasteiger partial charge < -0.3 is 15.7 Å². The molecule has 3 N–H and O–H groups in total. The molecule has 0 aliphatic carbocycles. The Morgan fingerprint density at radius 3 is 2.81 bits per heavy atom. The molecule has 0 fully saturated rings. The van der Waals surface area contributed by atoms with Gasteiger partial charge in [-0.05, 0) is 17.5 Å². The third kappa shape index (κ3) is 3.92. The van der Waals surface area contributed by atoms with E-state index < -0.39 is 6.10 Å². The molecule has 5 heteroatoms. The van der Waals surface area contributed by atoms with Crippen LogP contribution in [0.2, 0.25) is 0 Å². The summed E-state index contributed by atoms with van der Waals surface area (Å²) in [5.74, 6) is 0. The Balaban J connectivity index is 2.02. The largest absolute Gasteiger partial charge is 0.391 e. The number of carbonyl (C=O) groups is 1.